The van der Waals surface area contributed by atoms with Crippen molar-refractivity contribution in [3.63, 3.8) is 0 Å². The topological polar surface area (TPSA) is 104 Å². The molecule has 144 valence electrons. The van der Waals surface area contributed by atoms with E-state index in [0.29, 0.717) is 70.5 Å². The predicted molar refractivity (Wildman–Crippen MR) is 96.9 cm³/mol. The summed E-state index contributed by atoms with van der Waals surface area (Å²) in [7, 11) is 0. The van der Waals surface area contributed by atoms with Crippen LogP contribution in [0.5, 0.6) is 0 Å². The Kier molecular flexibility index (Phi) is 13.3. The van der Waals surface area contributed by atoms with Crippen LogP contribution in [0.4, 0.5) is 0 Å². The number of nitrogens with one attached hydrogen (secondary N) is 3. The Bertz CT molecular complexity index is 436. The monoisotopic (exact) mass is 355 g/mol. The second kappa shape index (κ2) is 14.4. The second-order valence-electron chi connectivity index (χ2n) is 6.66. The van der Waals surface area contributed by atoms with Gasteiger partial charge in [0.25, 0.3) is 0 Å². The van der Waals surface area contributed by atoms with E-state index in [1.807, 2.05) is 13.8 Å². The van der Waals surface area contributed by atoms with E-state index >= 15 is 0 Å². The van der Waals surface area contributed by atoms with Gasteiger partial charge >= 0.3 is 0 Å². The van der Waals surface area contributed by atoms with Crippen LogP contribution in [0.2, 0.25) is 0 Å². The highest BCUT2D eigenvalue weighted by Crippen LogP contribution is 1.97. The summed E-state index contributed by atoms with van der Waals surface area (Å²) in [6.07, 6.45) is 3.25. The largest absolute Gasteiger partial charge is 0.356 e. The first-order valence-electron chi connectivity index (χ1n) is 9.10. The molecule has 0 radical (unpaired) electrons. The molecule has 0 fully saturated rings. The quantitative estimate of drug-likeness (QED) is 0.409. The summed E-state index contributed by atoms with van der Waals surface area (Å²) in [5.41, 5.74) is 0. The number of ketones is 1. The van der Waals surface area contributed by atoms with Crippen LogP contribution < -0.4 is 16.0 Å². The fourth-order valence-electron chi connectivity index (χ4n) is 2.03. The molecule has 7 heteroatoms. The Morgan fingerprint density at radius 3 is 1.56 bits per heavy atom. The first-order valence-corrected chi connectivity index (χ1v) is 9.10. The molecule has 0 aliphatic rings. The van der Waals surface area contributed by atoms with Gasteiger partial charge in [-0.05, 0) is 32.1 Å². The number of rotatable bonds is 14. The predicted octanol–water partition coefficient (Wildman–Crippen LogP) is 1.31. The van der Waals surface area contributed by atoms with Crippen LogP contribution in [-0.2, 0) is 19.2 Å². The van der Waals surface area contributed by atoms with Crippen molar-refractivity contribution in [2.24, 2.45) is 5.92 Å². The molecule has 7 nitrogen and oxygen atoms in total. The molecule has 0 spiro atoms. The lowest BCUT2D eigenvalue weighted by atomic mass is 10.2. The van der Waals surface area contributed by atoms with Gasteiger partial charge in [0.1, 0.15) is 5.78 Å². The smallest absolute Gasteiger partial charge is 0.220 e. The SMILES string of the molecule is CC(=O)CCCC(=O)NCCCC(=O)NCCCC(=O)NCC(C)C. The zero-order chi connectivity index (χ0) is 19.1. The molecule has 0 aromatic rings. The second-order valence-corrected chi connectivity index (χ2v) is 6.66. The lowest BCUT2D eigenvalue weighted by molar-refractivity contribution is -0.123. The van der Waals surface area contributed by atoms with E-state index in [9.17, 15) is 19.2 Å². The molecule has 0 aromatic heterocycles. The van der Waals surface area contributed by atoms with Crippen LogP contribution in [0.1, 0.15) is 65.7 Å². The molecule has 0 rings (SSSR count). The van der Waals surface area contributed by atoms with Crippen LogP contribution >= 0.6 is 0 Å². The van der Waals surface area contributed by atoms with E-state index in [1.54, 1.807) is 0 Å². The van der Waals surface area contributed by atoms with Gasteiger partial charge in [0.15, 0.2) is 0 Å². The van der Waals surface area contributed by atoms with Gasteiger partial charge in [0, 0.05) is 45.3 Å². The molecule has 0 aliphatic heterocycles. The summed E-state index contributed by atoms with van der Waals surface area (Å²) in [6.45, 7) is 7.18. The van der Waals surface area contributed by atoms with E-state index in [4.69, 9.17) is 0 Å². The Hall–Kier alpha value is -1.92. The molecule has 3 N–H and O–H groups in total. The summed E-state index contributed by atoms with van der Waals surface area (Å²) in [5, 5.41) is 8.34. The minimum Gasteiger partial charge on any atom is -0.356 e. The van der Waals surface area contributed by atoms with Gasteiger partial charge in [0.2, 0.25) is 17.7 Å². The molecule has 3 amide bonds. The van der Waals surface area contributed by atoms with Crippen LogP contribution in [0.15, 0.2) is 0 Å². The molecule has 0 saturated carbocycles. The van der Waals surface area contributed by atoms with Gasteiger partial charge in [-0.2, -0.15) is 0 Å². The van der Waals surface area contributed by atoms with E-state index < -0.39 is 0 Å². The van der Waals surface area contributed by atoms with Gasteiger partial charge in [-0.1, -0.05) is 13.8 Å². The fraction of sp³-hybridized carbons (Fsp3) is 0.778. The van der Waals surface area contributed by atoms with Crippen molar-refractivity contribution in [1.82, 2.24) is 16.0 Å². The number of Topliss-reactive ketones (excluding diaryl/α,β-unsaturated/α-hetero) is 1. The first kappa shape index (κ1) is 23.1. The summed E-state index contributed by atoms with van der Waals surface area (Å²) >= 11 is 0. The Balaban J connectivity index is 3.51. The highest BCUT2D eigenvalue weighted by molar-refractivity contribution is 5.79. The lowest BCUT2D eigenvalue weighted by Crippen LogP contribution is -2.30. The fourth-order valence-corrected chi connectivity index (χ4v) is 2.03. The number of carbonyl (C=O) groups excluding carboxylic acids is 4. The van der Waals surface area contributed by atoms with Crippen LogP contribution in [0.3, 0.4) is 0 Å². The van der Waals surface area contributed by atoms with Crippen molar-refractivity contribution in [1.29, 1.82) is 0 Å². The Morgan fingerprint density at radius 1 is 0.680 bits per heavy atom. The summed E-state index contributed by atoms with van der Waals surface area (Å²) < 4.78 is 0. The van der Waals surface area contributed by atoms with Crippen LogP contribution in [0.25, 0.3) is 0 Å². The van der Waals surface area contributed by atoms with Crippen molar-refractivity contribution in [2.45, 2.75) is 65.7 Å². The minimum atomic E-state index is -0.0888. The average Bonchev–Trinajstić information content (AvgIpc) is 2.53. The van der Waals surface area contributed by atoms with Crippen LogP contribution in [-0.4, -0.2) is 43.1 Å². The highest BCUT2D eigenvalue weighted by Gasteiger charge is 2.05. The van der Waals surface area contributed by atoms with Crippen LogP contribution in [0, 0.1) is 5.92 Å². The molecule has 0 atom stereocenters. The van der Waals surface area contributed by atoms with Gasteiger partial charge in [-0.25, -0.2) is 0 Å². The maximum Gasteiger partial charge on any atom is 0.220 e. The zero-order valence-electron chi connectivity index (χ0n) is 15.8. The number of hydrogen-bond acceptors (Lipinski definition) is 4. The zero-order valence-corrected chi connectivity index (χ0v) is 15.8. The van der Waals surface area contributed by atoms with Gasteiger partial charge < -0.3 is 20.7 Å². The van der Waals surface area contributed by atoms with E-state index in [0.717, 1.165) is 0 Å². The first-order chi connectivity index (χ1) is 11.8. The van der Waals surface area contributed by atoms with Gasteiger partial charge in [-0.3, -0.25) is 14.4 Å². The Morgan fingerprint density at radius 2 is 1.12 bits per heavy atom. The summed E-state index contributed by atoms with van der Waals surface area (Å²) in [5.74, 6) is 0.359. The van der Waals surface area contributed by atoms with Gasteiger partial charge in [0.05, 0.1) is 0 Å². The lowest BCUT2D eigenvalue weighted by Gasteiger charge is -2.08. The third-order valence-corrected chi connectivity index (χ3v) is 3.45. The van der Waals surface area contributed by atoms with Crippen molar-refractivity contribution in [3.05, 3.63) is 0 Å². The normalized spacial score (nSPS) is 10.4. The number of carbonyl (C=O) groups is 4. The van der Waals surface area contributed by atoms with Crippen molar-refractivity contribution < 1.29 is 19.2 Å². The third kappa shape index (κ3) is 16.7. The molecular formula is C18H33N3O4. The van der Waals surface area contributed by atoms with E-state index in [-0.39, 0.29) is 23.5 Å². The summed E-state index contributed by atoms with van der Waals surface area (Å²) in [4.78, 5) is 45.4. The molecule has 0 unspecified atom stereocenters. The molecular weight excluding hydrogens is 322 g/mol. The molecule has 25 heavy (non-hydrogen) atoms. The maximum absolute atomic E-state index is 11.6. The number of amides is 3. The minimum absolute atomic E-state index is 0.00966. The molecule has 0 saturated heterocycles. The van der Waals surface area contributed by atoms with E-state index in [1.165, 1.54) is 6.92 Å². The van der Waals surface area contributed by atoms with Crippen molar-refractivity contribution in [3.8, 4) is 0 Å². The average molecular weight is 355 g/mol. The standard InChI is InChI=1S/C18H33N3O4/c1-14(2)13-21-18(25)10-6-12-20-17(24)9-5-11-19-16(23)8-4-7-15(3)22/h14H,4-13H2,1-3H3,(H,19,23)(H,20,24)(H,21,25). The maximum atomic E-state index is 11.6. The molecule has 0 aromatic carbocycles. The molecule has 0 heterocycles. The highest BCUT2D eigenvalue weighted by atomic mass is 16.2. The Labute approximate surface area is 150 Å². The van der Waals surface area contributed by atoms with Crippen molar-refractivity contribution >= 4 is 23.5 Å². The molecule has 0 bridgehead atoms. The van der Waals surface area contributed by atoms with E-state index in [2.05, 4.69) is 16.0 Å². The summed E-state index contributed by atoms with van der Waals surface area (Å²) in [6, 6.07) is 0. The van der Waals surface area contributed by atoms with Crippen molar-refractivity contribution in [2.75, 3.05) is 19.6 Å². The number of hydrogen-bond donors (Lipinski definition) is 3. The molecule has 0 aliphatic carbocycles. The van der Waals surface area contributed by atoms with Gasteiger partial charge in [-0.15, -0.1) is 0 Å². The third-order valence-electron chi connectivity index (χ3n) is 3.45.